The zero-order valence-corrected chi connectivity index (χ0v) is 16.8. The van der Waals surface area contributed by atoms with E-state index in [-0.39, 0.29) is 17.2 Å². The molecular formula is C22H37NO3. The molecule has 26 heavy (non-hydrogen) atoms. The Morgan fingerprint density at radius 3 is 2.46 bits per heavy atom. The minimum atomic E-state index is -0.626. The number of primary amides is 1. The van der Waals surface area contributed by atoms with Crippen LogP contribution < -0.4 is 5.73 Å². The molecule has 4 aliphatic carbocycles. The number of hydrogen-bond acceptors (Lipinski definition) is 3. The summed E-state index contributed by atoms with van der Waals surface area (Å²) in [4.78, 5) is 12.0. The summed E-state index contributed by atoms with van der Waals surface area (Å²) in [6.45, 7) is 5.32. The molecule has 0 aliphatic heterocycles. The Balaban J connectivity index is 1.56. The fraction of sp³-hybridized carbons (Fsp3) is 0.955. The molecule has 0 spiro atoms. The first kappa shape index (κ1) is 18.7. The topological polar surface area (TPSA) is 72.6 Å². The summed E-state index contributed by atoms with van der Waals surface area (Å²) in [5.41, 5.74) is 5.61. The van der Waals surface area contributed by atoms with Crippen LogP contribution in [0.1, 0.15) is 71.6 Å². The maximum atomic E-state index is 12.0. The van der Waals surface area contributed by atoms with E-state index in [0.717, 1.165) is 43.9 Å². The van der Waals surface area contributed by atoms with Gasteiger partial charge in [0.1, 0.15) is 0 Å². The number of rotatable bonds is 3. The van der Waals surface area contributed by atoms with Gasteiger partial charge in [0.2, 0.25) is 5.91 Å². The smallest absolute Gasteiger partial charge is 0.221 e. The molecule has 3 N–H and O–H groups in total. The van der Waals surface area contributed by atoms with E-state index in [1.54, 1.807) is 7.11 Å². The number of carbonyl (C=O) groups is 1. The molecule has 4 aliphatic rings. The van der Waals surface area contributed by atoms with Crippen molar-refractivity contribution in [3.63, 3.8) is 0 Å². The van der Waals surface area contributed by atoms with Crippen molar-refractivity contribution in [3.8, 4) is 0 Å². The largest absolute Gasteiger partial charge is 0.387 e. The first-order chi connectivity index (χ1) is 12.2. The van der Waals surface area contributed by atoms with Crippen LogP contribution in [0.2, 0.25) is 0 Å². The molecule has 0 radical (unpaired) electrons. The third-order valence-electron chi connectivity index (χ3n) is 9.58. The van der Waals surface area contributed by atoms with Crippen molar-refractivity contribution in [2.45, 2.75) is 77.2 Å². The van der Waals surface area contributed by atoms with Gasteiger partial charge in [-0.2, -0.15) is 0 Å². The van der Waals surface area contributed by atoms with E-state index >= 15 is 0 Å². The Kier molecular flexibility index (Phi) is 4.47. The average Bonchev–Trinajstić information content (AvgIpc) is 2.93. The molecule has 0 bridgehead atoms. The lowest BCUT2D eigenvalue weighted by molar-refractivity contribution is -0.164. The van der Waals surface area contributed by atoms with E-state index in [1.165, 1.54) is 25.7 Å². The third-order valence-corrected chi connectivity index (χ3v) is 9.58. The Morgan fingerprint density at radius 2 is 1.77 bits per heavy atom. The molecule has 1 amide bonds. The molecule has 4 fully saturated rings. The van der Waals surface area contributed by atoms with Gasteiger partial charge < -0.3 is 15.6 Å². The first-order valence-corrected chi connectivity index (χ1v) is 10.7. The fourth-order valence-corrected chi connectivity index (χ4v) is 8.19. The van der Waals surface area contributed by atoms with Crippen LogP contribution in [-0.4, -0.2) is 30.3 Å². The lowest BCUT2D eigenvalue weighted by Gasteiger charge is -2.62. The summed E-state index contributed by atoms with van der Waals surface area (Å²) in [6, 6.07) is 0. The molecule has 8 atom stereocenters. The molecule has 0 aromatic rings. The minimum absolute atomic E-state index is 0.0735. The van der Waals surface area contributed by atoms with Crippen LogP contribution in [-0.2, 0) is 9.53 Å². The third kappa shape index (κ3) is 2.58. The maximum absolute atomic E-state index is 12.0. The maximum Gasteiger partial charge on any atom is 0.221 e. The molecule has 4 nitrogen and oxygen atoms in total. The molecule has 0 saturated heterocycles. The quantitative estimate of drug-likeness (QED) is 0.806. The highest BCUT2D eigenvalue weighted by molar-refractivity contribution is 5.78. The van der Waals surface area contributed by atoms with Gasteiger partial charge >= 0.3 is 0 Å². The van der Waals surface area contributed by atoms with Crippen LogP contribution in [0.4, 0.5) is 0 Å². The Hall–Kier alpha value is -0.610. The van der Waals surface area contributed by atoms with Gasteiger partial charge in [-0.3, -0.25) is 4.79 Å². The van der Waals surface area contributed by atoms with Gasteiger partial charge in [0.25, 0.3) is 0 Å². The van der Waals surface area contributed by atoms with Crippen molar-refractivity contribution >= 4 is 5.91 Å². The highest BCUT2D eigenvalue weighted by atomic mass is 16.5. The summed E-state index contributed by atoms with van der Waals surface area (Å²) in [6.07, 6.45) is 9.91. The van der Waals surface area contributed by atoms with Gasteiger partial charge in [-0.25, -0.2) is 0 Å². The van der Waals surface area contributed by atoms with Crippen LogP contribution in [0.25, 0.3) is 0 Å². The highest BCUT2D eigenvalue weighted by Crippen LogP contribution is 2.67. The lowest BCUT2D eigenvalue weighted by atomic mass is 9.44. The molecule has 0 heterocycles. The predicted octanol–water partition coefficient (Wildman–Crippen LogP) is 3.51. The van der Waals surface area contributed by atoms with Crippen molar-refractivity contribution in [1.82, 2.24) is 0 Å². The van der Waals surface area contributed by atoms with Crippen molar-refractivity contribution in [2.24, 2.45) is 46.2 Å². The number of methoxy groups -OCH3 is 1. The summed E-state index contributed by atoms with van der Waals surface area (Å²) in [5.74, 6) is 2.77. The van der Waals surface area contributed by atoms with Gasteiger partial charge in [0.15, 0.2) is 0 Å². The van der Waals surface area contributed by atoms with Gasteiger partial charge in [-0.15, -0.1) is 0 Å². The predicted molar refractivity (Wildman–Crippen MR) is 101 cm³/mol. The summed E-state index contributed by atoms with van der Waals surface area (Å²) in [5, 5.41) is 10.9. The van der Waals surface area contributed by atoms with E-state index in [0.29, 0.717) is 23.9 Å². The van der Waals surface area contributed by atoms with Crippen molar-refractivity contribution in [2.75, 3.05) is 13.7 Å². The molecule has 148 valence electrons. The number of hydrogen-bond donors (Lipinski definition) is 2. The molecule has 0 unspecified atom stereocenters. The molecule has 4 heteroatoms. The summed E-state index contributed by atoms with van der Waals surface area (Å²) >= 11 is 0. The fourth-order valence-electron chi connectivity index (χ4n) is 8.19. The normalized spacial score (nSPS) is 53.5. The average molecular weight is 364 g/mol. The Bertz CT molecular complexity index is 580. The molecule has 4 rings (SSSR count). The second-order valence-corrected chi connectivity index (χ2v) is 10.6. The van der Waals surface area contributed by atoms with Gasteiger partial charge in [0, 0.05) is 13.0 Å². The zero-order chi connectivity index (χ0) is 18.7. The monoisotopic (exact) mass is 363 g/mol. The number of carbonyl (C=O) groups excluding carboxylic acids is 1. The number of ether oxygens (including phenoxy) is 1. The lowest BCUT2D eigenvalue weighted by Crippen LogP contribution is -2.57. The number of aliphatic hydroxyl groups is 1. The van der Waals surface area contributed by atoms with Crippen molar-refractivity contribution < 1.29 is 14.6 Å². The molecule has 0 aromatic heterocycles. The first-order valence-electron chi connectivity index (χ1n) is 10.7. The van der Waals surface area contributed by atoms with E-state index in [9.17, 15) is 9.90 Å². The summed E-state index contributed by atoms with van der Waals surface area (Å²) in [7, 11) is 1.69. The van der Waals surface area contributed by atoms with Gasteiger partial charge in [-0.05, 0) is 92.3 Å². The van der Waals surface area contributed by atoms with Crippen LogP contribution >= 0.6 is 0 Å². The zero-order valence-electron chi connectivity index (χ0n) is 16.8. The van der Waals surface area contributed by atoms with E-state index in [1.807, 2.05) is 0 Å². The minimum Gasteiger partial charge on any atom is -0.387 e. The number of amides is 1. The molecule has 4 saturated carbocycles. The van der Waals surface area contributed by atoms with Crippen molar-refractivity contribution in [3.05, 3.63) is 0 Å². The molecule has 0 aromatic carbocycles. The van der Waals surface area contributed by atoms with Crippen LogP contribution in [0.5, 0.6) is 0 Å². The highest BCUT2D eigenvalue weighted by Gasteiger charge is 2.61. The summed E-state index contributed by atoms with van der Waals surface area (Å²) < 4.78 is 5.31. The van der Waals surface area contributed by atoms with Gasteiger partial charge in [-0.1, -0.05) is 13.8 Å². The standard InChI is InChI=1S/C22H37NO3/c1-20-10-11-22(25,13-26-3)12-14(20)4-5-15-16-6-7-18(19(23)24)21(16,2)9-8-17(15)20/h14-18,25H,4-13H2,1-3H3,(H2,23,24)/t14-,15-,16-,17-,18+,20-,21-,22+/m0/s1. The van der Waals surface area contributed by atoms with Gasteiger partial charge in [0.05, 0.1) is 12.2 Å². The van der Waals surface area contributed by atoms with Crippen LogP contribution in [0.15, 0.2) is 0 Å². The van der Waals surface area contributed by atoms with E-state index in [4.69, 9.17) is 10.5 Å². The van der Waals surface area contributed by atoms with Crippen molar-refractivity contribution in [1.29, 1.82) is 0 Å². The molecular weight excluding hydrogens is 326 g/mol. The second kappa shape index (κ2) is 6.20. The number of fused-ring (bicyclic) bond motifs is 5. The number of nitrogens with two attached hydrogens (primary N) is 1. The Labute approximate surface area is 158 Å². The Morgan fingerprint density at radius 1 is 1.04 bits per heavy atom. The van der Waals surface area contributed by atoms with Crippen LogP contribution in [0.3, 0.4) is 0 Å². The van der Waals surface area contributed by atoms with E-state index in [2.05, 4.69) is 13.8 Å². The SMILES string of the molecule is COC[C@@]1(O)CC[C@@]2(C)[C@@H](CC[C@@H]3[C@@H]2CC[C@]2(C)[C@@H](C(N)=O)CC[C@@H]32)C1. The van der Waals surface area contributed by atoms with Crippen LogP contribution in [0, 0.1) is 40.4 Å². The van der Waals surface area contributed by atoms with E-state index < -0.39 is 5.60 Å². The second-order valence-electron chi connectivity index (χ2n) is 10.6.